The lowest BCUT2D eigenvalue weighted by Gasteiger charge is -2.45. The van der Waals surface area contributed by atoms with Gasteiger partial charge in [0.15, 0.2) is 0 Å². The van der Waals surface area contributed by atoms with Crippen LogP contribution in [0, 0.1) is 5.92 Å². The molecule has 7 nitrogen and oxygen atoms in total. The van der Waals surface area contributed by atoms with Crippen LogP contribution in [0.15, 0.2) is 36.7 Å². The van der Waals surface area contributed by atoms with E-state index in [0.717, 1.165) is 18.5 Å². The second-order valence-corrected chi connectivity index (χ2v) is 4.86. The smallest absolute Gasteiger partial charge is 0.328 e. The summed E-state index contributed by atoms with van der Waals surface area (Å²) in [5.41, 5.74) is 1.27. The van der Waals surface area contributed by atoms with Crippen molar-refractivity contribution in [3.8, 4) is 0 Å². The van der Waals surface area contributed by atoms with Gasteiger partial charge in [0, 0.05) is 49.9 Å². The van der Waals surface area contributed by atoms with Gasteiger partial charge in [0.2, 0.25) is 0 Å². The van der Waals surface area contributed by atoms with Gasteiger partial charge in [-0.3, -0.25) is 4.98 Å². The zero-order valence-corrected chi connectivity index (χ0v) is 11.3. The second-order valence-electron chi connectivity index (χ2n) is 4.86. The van der Waals surface area contributed by atoms with Gasteiger partial charge in [-0.05, 0) is 12.1 Å². The van der Waals surface area contributed by atoms with Crippen LogP contribution in [0.5, 0.6) is 0 Å². The number of hydrogen-bond acceptors (Lipinski definition) is 5. The predicted molar refractivity (Wildman–Crippen MR) is 76.1 cm³/mol. The topological polar surface area (TPSA) is 103 Å². The summed E-state index contributed by atoms with van der Waals surface area (Å²) in [5.74, 6) is -1.64. The molecule has 2 unspecified atom stereocenters. The van der Waals surface area contributed by atoms with E-state index in [4.69, 9.17) is 10.2 Å². The summed E-state index contributed by atoms with van der Waals surface area (Å²) in [4.78, 5) is 25.7. The molecule has 21 heavy (non-hydrogen) atoms. The minimum atomic E-state index is -1.26. The van der Waals surface area contributed by atoms with Gasteiger partial charge >= 0.3 is 11.9 Å². The van der Waals surface area contributed by atoms with E-state index in [1.54, 1.807) is 0 Å². The number of rotatable bonds is 3. The summed E-state index contributed by atoms with van der Waals surface area (Å²) in [6.07, 6.45) is 4.90. The Morgan fingerprint density at radius 1 is 1.29 bits per heavy atom. The highest BCUT2D eigenvalue weighted by Gasteiger charge is 2.41. The van der Waals surface area contributed by atoms with E-state index in [2.05, 4.69) is 21.3 Å². The minimum Gasteiger partial charge on any atom is -0.478 e. The molecule has 0 aromatic carbocycles. The van der Waals surface area contributed by atoms with Gasteiger partial charge in [-0.2, -0.15) is 0 Å². The zero-order chi connectivity index (χ0) is 15.2. The Labute approximate surface area is 121 Å². The normalized spacial score (nSPS) is 23.0. The molecule has 3 N–H and O–H groups in total. The average Bonchev–Trinajstić information content (AvgIpc) is 2.80. The van der Waals surface area contributed by atoms with E-state index in [1.807, 2.05) is 18.5 Å². The lowest BCUT2D eigenvalue weighted by atomic mass is 9.91. The molecule has 2 aliphatic heterocycles. The lowest BCUT2D eigenvalue weighted by molar-refractivity contribution is -0.134. The van der Waals surface area contributed by atoms with Crippen molar-refractivity contribution in [2.45, 2.75) is 6.04 Å². The number of hydrogen-bond donors (Lipinski definition) is 3. The van der Waals surface area contributed by atoms with Crippen molar-refractivity contribution >= 4 is 17.6 Å². The summed E-state index contributed by atoms with van der Waals surface area (Å²) < 4.78 is 0. The number of pyridine rings is 1. The van der Waals surface area contributed by atoms with Gasteiger partial charge in [-0.1, -0.05) is 0 Å². The zero-order valence-electron chi connectivity index (χ0n) is 11.3. The van der Waals surface area contributed by atoms with Gasteiger partial charge in [0.05, 0.1) is 11.9 Å². The Kier molecular flexibility index (Phi) is 4.89. The van der Waals surface area contributed by atoms with E-state index in [1.165, 1.54) is 18.8 Å². The summed E-state index contributed by atoms with van der Waals surface area (Å²) in [7, 11) is 0. The minimum absolute atomic E-state index is 0.558. The van der Waals surface area contributed by atoms with Crippen LogP contribution in [0.25, 0.3) is 0 Å². The molecule has 112 valence electrons. The molecule has 2 aliphatic rings. The SMILES string of the molecule is O=C(O)/C=C/C(=O)O.c1cncc(N2CC3CNCC32)c1. The van der Waals surface area contributed by atoms with Crippen molar-refractivity contribution in [1.82, 2.24) is 10.3 Å². The van der Waals surface area contributed by atoms with Crippen LogP contribution in [-0.4, -0.2) is 52.8 Å². The first kappa shape index (κ1) is 15.0. The van der Waals surface area contributed by atoms with Crippen molar-refractivity contribution in [3.05, 3.63) is 36.7 Å². The number of aromatic nitrogens is 1. The molecular weight excluding hydrogens is 274 g/mol. The molecule has 3 rings (SSSR count). The van der Waals surface area contributed by atoms with Crippen LogP contribution in [0.1, 0.15) is 0 Å². The van der Waals surface area contributed by atoms with Crippen LogP contribution in [0.2, 0.25) is 0 Å². The first-order chi connectivity index (χ1) is 10.1. The van der Waals surface area contributed by atoms with E-state index < -0.39 is 11.9 Å². The van der Waals surface area contributed by atoms with Crippen molar-refractivity contribution in [2.24, 2.45) is 5.92 Å². The highest BCUT2D eigenvalue weighted by atomic mass is 16.4. The fourth-order valence-corrected chi connectivity index (χ4v) is 2.48. The molecule has 0 aliphatic carbocycles. The van der Waals surface area contributed by atoms with E-state index in [0.29, 0.717) is 12.2 Å². The Balaban J connectivity index is 0.000000177. The number of carboxylic acids is 2. The lowest BCUT2D eigenvalue weighted by Crippen LogP contribution is -2.55. The maximum absolute atomic E-state index is 9.55. The van der Waals surface area contributed by atoms with Crippen LogP contribution < -0.4 is 10.2 Å². The molecule has 7 heteroatoms. The van der Waals surface area contributed by atoms with Gasteiger partial charge in [-0.25, -0.2) is 9.59 Å². The summed E-state index contributed by atoms with van der Waals surface area (Å²) >= 11 is 0. The van der Waals surface area contributed by atoms with Gasteiger partial charge in [0.25, 0.3) is 0 Å². The number of aliphatic carboxylic acids is 2. The number of nitrogens with zero attached hydrogens (tertiary/aromatic N) is 2. The predicted octanol–water partition coefficient (Wildman–Crippen LogP) is 0.201. The van der Waals surface area contributed by atoms with Crippen LogP contribution >= 0.6 is 0 Å². The van der Waals surface area contributed by atoms with E-state index in [9.17, 15) is 9.59 Å². The number of carboxylic acid groups (broad SMARTS) is 2. The van der Waals surface area contributed by atoms with Crippen LogP contribution in [0.4, 0.5) is 5.69 Å². The molecule has 1 aromatic rings. The fraction of sp³-hybridized carbons (Fsp3) is 0.357. The maximum atomic E-state index is 9.55. The Morgan fingerprint density at radius 2 is 2.00 bits per heavy atom. The van der Waals surface area contributed by atoms with Gasteiger partial charge in [0.1, 0.15) is 0 Å². The third-order valence-corrected chi connectivity index (χ3v) is 3.48. The van der Waals surface area contributed by atoms with E-state index >= 15 is 0 Å². The highest BCUT2D eigenvalue weighted by molar-refractivity contribution is 5.89. The molecular formula is C14H17N3O4. The monoisotopic (exact) mass is 291 g/mol. The first-order valence-electron chi connectivity index (χ1n) is 6.59. The third kappa shape index (κ3) is 4.03. The molecule has 2 saturated heterocycles. The van der Waals surface area contributed by atoms with E-state index in [-0.39, 0.29) is 0 Å². The molecule has 3 heterocycles. The number of nitrogens with one attached hydrogen (secondary N) is 1. The Hall–Kier alpha value is -2.41. The molecule has 1 aromatic heterocycles. The van der Waals surface area contributed by atoms with Crippen LogP contribution in [-0.2, 0) is 9.59 Å². The first-order valence-corrected chi connectivity index (χ1v) is 6.59. The summed E-state index contributed by atoms with van der Waals surface area (Å²) in [6, 6.07) is 4.87. The highest BCUT2D eigenvalue weighted by Crippen LogP contribution is 2.32. The van der Waals surface area contributed by atoms with Gasteiger partial charge in [-0.15, -0.1) is 0 Å². The van der Waals surface area contributed by atoms with Crippen molar-refractivity contribution in [2.75, 3.05) is 24.5 Å². The standard InChI is InChI=1S/C10H13N3.C4H4O4/c1-2-9(5-11-3-1)13-7-8-4-12-6-10(8)13;5-3(6)1-2-4(7)8/h1-3,5,8,10,12H,4,6-7H2;1-2H,(H,5,6)(H,7,8)/b;2-1+. The number of anilines is 1. The fourth-order valence-electron chi connectivity index (χ4n) is 2.48. The maximum Gasteiger partial charge on any atom is 0.328 e. The molecule has 0 amide bonds. The molecule has 2 fully saturated rings. The quantitative estimate of drug-likeness (QED) is 0.684. The molecule has 2 atom stereocenters. The third-order valence-electron chi connectivity index (χ3n) is 3.48. The van der Waals surface area contributed by atoms with Crippen molar-refractivity contribution < 1.29 is 19.8 Å². The van der Waals surface area contributed by atoms with Crippen molar-refractivity contribution in [3.63, 3.8) is 0 Å². The molecule has 0 bridgehead atoms. The summed E-state index contributed by atoms with van der Waals surface area (Å²) in [6.45, 7) is 3.53. The largest absolute Gasteiger partial charge is 0.478 e. The van der Waals surface area contributed by atoms with Gasteiger partial charge < -0.3 is 20.4 Å². The molecule has 0 saturated carbocycles. The summed E-state index contributed by atoms with van der Waals surface area (Å²) in [5, 5.41) is 19.0. The van der Waals surface area contributed by atoms with Crippen molar-refractivity contribution in [1.29, 1.82) is 0 Å². The Bertz CT molecular complexity index is 516. The molecule has 0 radical (unpaired) electrons. The second kappa shape index (κ2) is 6.85. The number of fused-ring (bicyclic) bond motifs is 1. The average molecular weight is 291 g/mol. The Morgan fingerprint density at radius 3 is 2.52 bits per heavy atom. The molecule has 0 spiro atoms. The number of carbonyl (C=O) groups is 2. The van der Waals surface area contributed by atoms with Crippen LogP contribution in [0.3, 0.4) is 0 Å².